The Morgan fingerprint density at radius 1 is 1.42 bits per heavy atom. The Bertz CT molecular complexity index is 512. The third-order valence-corrected chi connectivity index (χ3v) is 3.99. The topological polar surface area (TPSA) is 75.4 Å². The lowest BCUT2D eigenvalue weighted by Gasteiger charge is -2.37. The fourth-order valence-corrected chi connectivity index (χ4v) is 3.02. The van der Waals surface area contributed by atoms with Crippen LogP contribution in [0, 0.1) is 10.1 Å². The standard InChI is InChI=1S/C11H14ClN5O2/c12-11-13-6-9(17(18)19)10(14-11)16-5-4-15-3-1-2-8(15)7-16/h6,8H,1-5,7H2. The van der Waals surface area contributed by atoms with Crippen LogP contribution in [0.2, 0.25) is 5.28 Å². The van der Waals surface area contributed by atoms with Gasteiger partial charge < -0.3 is 4.90 Å². The highest BCUT2D eigenvalue weighted by Crippen LogP contribution is 2.30. The lowest BCUT2D eigenvalue weighted by atomic mass is 10.1. The van der Waals surface area contributed by atoms with E-state index < -0.39 is 4.92 Å². The lowest BCUT2D eigenvalue weighted by Crippen LogP contribution is -2.50. The van der Waals surface area contributed by atoms with Crippen LogP contribution in [0.4, 0.5) is 11.5 Å². The van der Waals surface area contributed by atoms with Crippen molar-refractivity contribution in [2.24, 2.45) is 0 Å². The van der Waals surface area contributed by atoms with Gasteiger partial charge in [0.15, 0.2) is 0 Å². The van der Waals surface area contributed by atoms with Gasteiger partial charge in [-0.25, -0.2) is 4.98 Å². The van der Waals surface area contributed by atoms with E-state index in [2.05, 4.69) is 14.9 Å². The highest BCUT2D eigenvalue weighted by atomic mass is 35.5. The molecule has 0 saturated carbocycles. The van der Waals surface area contributed by atoms with Gasteiger partial charge in [-0.05, 0) is 31.0 Å². The number of hydrogen-bond acceptors (Lipinski definition) is 6. The summed E-state index contributed by atoms with van der Waals surface area (Å²) in [4.78, 5) is 22.7. The molecule has 2 saturated heterocycles. The van der Waals surface area contributed by atoms with Crippen LogP contribution < -0.4 is 4.90 Å². The Morgan fingerprint density at radius 2 is 2.26 bits per heavy atom. The average molecular weight is 284 g/mol. The molecular weight excluding hydrogens is 270 g/mol. The van der Waals surface area contributed by atoms with Crippen molar-refractivity contribution in [1.29, 1.82) is 0 Å². The molecule has 0 aromatic carbocycles. The van der Waals surface area contributed by atoms with Crippen molar-refractivity contribution >= 4 is 23.1 Å². The zero-order chi connectivity index (χ0) is 13.4. The van der Waals surface area contributed by atoms with Crippen molar-refractivity contribution < 1.29 is 4.92 Å². The van der Waals surface area contributed by atoms with Crippen LogP contribution in [0.15, 0.2) is 6.20 Å². The summed E-state index contributed by atoms with van der Waals surface area (Å²) < 4.78 is 0. The number of aromatic nitrogens is 2. The summed E-state index contributed by atoms with van der Waals surface area (Å²) in [5.41, 5.74) is -0.0733. The predicted octanol–water partition coefficient (Wildman–Crippen LogP) is 1.32. The summed E-state index contributed by atoms with van der Waals surface area (Å²) >= 11 is 5.77. The number of nitro groups is 1. The SMILES string of the molecule is O=[N+]([O-])c1cnc(Cl)nc1N1CCN2CCCC2C1. The first-order chi connectivity index (χ1) is 9.15. The highest BCUT2D eigenvalue weighted by molar-refractivity contribution is 6.28. The molecule has 1 aromatic heterocycles. The van der Waals surface area contributed by atoms with E-state index in [0.29, 0.717) is 11.9 Å². The second kappa shape index (κ2) is 4.90. The Hall–Kier alpha value is -1.47. The first-order valence-electron chi connectivity index (χ1n) is 6.31. The van der Waals surface area contributed by atoms with Crippen molar-refractivity contribution in [3.8, 4) is 0 Å². The molecule has 1 atom stereocenters. The fraction of sp³-hybridized carbons (Fsp3) is 0.636. The van der Waals surface area contributed by atoms with Gasteiger partial charge in [-0.15, -0.1) is 0 Å². The molecule has 0 radical (unpaired) electrons. The minimum Gasteiger partial charge on any atom is -0.348 e. The Morgan fingerprint density at radius 3 is 3.05 bits per heavy atom. The molecule has 3 heterocycles. The number of fused-ring (bicyclic) bond motifs is 1. The van der Waals surface area contributed by atoms with Gasteiger partial charge in [-0.1, -0.05) is 0 Å². The second-order valence-electron chi connectivity index (χ2n) is 4.88. The number of rotatable bonds is 2. The molecule has 2 fully saturated rings. The van der Waals surface area contributed by atoms with Gasteiger partial charge in [-0.2, -0.15) is 4.98 Å². The van der Waals surface area contributed by atoms with Crippen molar-refractivity contribution in [2.45, 2.75) is 18.9 Å². The predicted molar refractivity (Wildman–Crippen MR) is 70.5 cm³/mol. The highest BCUT2D eigenvalue weighted by Gasteiger charge is 2.33. The number of nitrogens with zero attached hydrogens (tertiary/aromatic N) is 5. The monoisotopic (exact) mass is 283 g/mol. The maximum Gasteiger partial charge on any atom is 0.329 e. The normalized spacial score (nSPS) is 23.4. The molecular formula is C11H14ClN5O2. The van der Waals surface area contributed by atoms with Gasteiger partial charge in [-0.3, -0.25) is 15.0 Å². The van der Waals surface area contributed by atoms with E-state index in [4.69, 9.17) is 11.6 Å². The largest absolute Gasteiger partial charge is 0.348 e. The molecule has 3 rings (SSSR count). The van der Waals surface area contributed by atoms with E-state index in [-0.39, 0.29) is 11.0 Å². The van der Waals surface area contributed by atoms with Gasteiger partial charge in [0.1, 0.15) is 6.20 Å². The van der Waals surface area contributed by atoms with Gasteiger partial charge >= 0.3 is 5.69 Å². The first-order valence-corrected chi connectivity index (χ1v) is 6.69. The molecule has 2 aliphatic heterocycles. The summed E-state index contributed by atoms with van der Waals surface area (Å²) in [6.07, 6.45) is 3.53. The molecule has 19 heavy (non-hydrogen) atoms. The third kappa shape index (κ3) is 2.35. The quantitative estimate of drug-likeness (QED) is 0.463. The van der Waals surface area contributed by atoms with Crippen molar-refractivity contribution in [3.63, 3.8) is 0 Å². The van der Waals surface area contributed by atoms with Crippen LogP contribution in [0.25, 0.3) is 0 Å². The summed E-state index contributed by atoms with van der Waals surface area (Å²) in [6.45, 7) is 3.56. The molecule has 1 aromatic rings. The molecule has 102 valence electrons. The minimum atomic E-state index is -0.452. The smallest absolute Gasteiger partial charge is 0.329 e. The molecule has 0 amide bonds. The zero-order valence-corrected chi connectivity index (χ0v) is 11.1. The van der Waals surface area contributed by atoms with Gasteiger partial charge in [0.25, 0.3) is 0 Å². The van der Waals surface area contributed by atoms with Crippen LogP contribution in [0.3, 0.4) is 0 Å². The second-order valence-corrected chi connectivity index (χ2v) is 5.22. The van der Waals surface area contributed by atoms with E-state index in [0.717, 1.165) is 32.6 Å². The first kappa shape index (κ1) is 12.6. The van der Waals surface area contributed by atoms with Crippen molar-refractivity contribution in [2.75, 3.05) is 31.1 Å². The maximum atomic E-state index is 11.0. The molecule has 7 nitrogen and oxygen atoms in total. The maximum absolute atomic E-state index is 11.0. The molecule has 2 aliphatic rings. The summed E-state index contributed by atoms with van der Waals surface area (Å²) in [7, 11) is 0. The third-order valence-electron chi connectivity index (χ3n) is 3.80. The molecule has 1 unspecified atom stereocenters. The Balaban J connectivity index is 1.89. The molecule has 8 heteroatoms. The Kier molecular flexibility index (Phi) is 3.24. The van der Waals surface area contributed by atoms with E-state index in [1.807, 2.05) is 4.90 Å². The van der Waals surface area contributed by atoms with Gasteiger partial charge in [0.2, 0.25) is 11.1 Å². The van der Waals surface area contributed by atoms with Crippen molar-refractivity contribution in [1.82, 2.24) is 14.9 Å². The van der Waals surface area contributed by atoms with Gasteiger partial charge in [0.05, 0.1) is 4.92 Å². The number of piperazine rings is 1. The number of anilines is 1. The van der Waals surface area contributed by atoms with E-state index in [9.17, 15) is 10.1 Å². The minimum absolute atomic E-state index is 0.0504. The van der Waals surface area contributed by atoms with Crippen LogP contribution in [0.5, 0.6) is 0 Å². The van der Waals surface area contributed by atoms with E-state index in [1.54, 1.807) is 0 Å². The number of hydrogen-bond donors (Lipinski definition) is 0. The molecule has 0 N–H and O–H groups in total. The van der Waals surface area contributed by atoms with Crippen molar-refractivity contribution in [3.05, 3.63) is 21.6 Å². The fourth-order valence-electron chi connectivity index (χ4n) is 2.89. The average Bonchev–Trinajstić information content (AvgIpc) is 2.85. The Labute approximate surface area is 115 Å². The lowest BCUT2D eigenvalue weighted by molar-refractivity contribution is -0.384. The zero-order valence-electron chi connectivity index (χ0n) is 10.3. The van der Waals surface area contributed by atoms with E-state index in [1.165, 1.54) is 12.6 Å². The summed E-state index contributed by atoms with van der Waals surface area (Å²) in [5, 5.41) is 11.1. The van der Waals surface area contributed by atoms with Gasteiger partial charge in [0, 0.05) is 25.7 Å². The van der Waals surface area contributed by atoms with Crippen LogP contribution in [-0.4, -0.2) is 52.0 Å². The number of halogens is 1. The molecule has 0 bridgehead atoms. The van der Waals surface area contributed by atoms with Crippen LogP contribution in [-0.2, 0) is 0 Å². The van der Waals surface area contributed by atoms with E-state index >= 15 is 0 Å². The van der Waals surface area contributed by atoms with Crippen LogP contribution in [0.1, 0.15) is 12.8 Å². The van der Waals surface area contributed by atoms with Crippen LogP contribution >= 0.6 is 11.6 Å². The molecule has 0 aliphatic carbocycles. The summed E-state index contributed by atoms with van der Waals surface area (Å²) in [5.74, 6) is 0.344. The summed E-state index contributed by atoms with van der Waals surface area (Å²) in [6, 6.07) is 0.474. The molecule has 0 spiro atoms.